The summed E-state index contributed by atoms with van der Waals surface area (Å²) in [5.74, 6) is 0.0400. The number of nitrogens with one attached hydrogen (secondary N) is 2. The van der Waals surface area contributed by atoms with Crippen LogP contribution in [0.3, 0.4) is 0 Å². The molecule has 18 heavy (non-hydrogen) atoms. The Morgan fingerprint density at radius 1 is 1.28 bits per heavy atom. The Morgan fingerprint density at radius 3 is 2.39 bits per heavy atom. The molecule has 0 saturated heterocycles. The molecule has 1 aromatic carbocycles. The van der Waals surface area contributed by atoms with Crippen LogP contribution in [0, 0.1) is 5.92 Å². The molecule has 2 atom stereocenters. The average Bonchev–Trinajstić information content (AvgIpc) is 2.38. The monoisotopic (exact) mass is 250 g/mol. The average molecular weight is 250 g/mol. The van der Waals surface area contributed by atoms with E-state index in [0.29, 0.717) is 0 Å². The smallest absolute Gasteiger partial charge is 0.319 e. The van der Waals surface area contributed by atoms with E-state index in [9.17, 15) is 4.79 Å². The van der Waals surface area contributed by atoms with Crippen LogP contribution in [0.25, 0.3) is 0 Å². The van der Waals surface area contributed by atoms with Gasteiger partial charge in [-0.2, -0.15) is 0 Å². The Kier molecular flexibility index (Phi) is 5.65. The number of rotatable bonds is 5. The molecular formula is C14H22N2O2. The Bertz CT molecular complexity index is 376. The molecule has 1 aromatic rings. The number of aliphatic hydroxyl groups is 1. The van der Waals surface area contributed by atoms with Gasteiger partial charge in [-0.25, -0.2) is 4.79 Å². The van der Waals surface area contributed by atoms with Crippen molar-refractivity contribution in [2.75, 3.05) is 11.9 Å². The summed E-state index contributed by atoms with van der Waals surface area (Å²) in [5.41, 5.74) is 2.01. The minimum Gasteiger partial charge on any atom is -0.396 e. The van der Waals surface area contributed by atoms with Crippen molar-refractivity contribution >= 4 is 11.7 Å². The molecule has 1 rings (SSSR count). The topological polar surface area (TPSA) is 61.4 Å². The van der Waals surface area contributed by atoms with E-state index in [1.165, 1.54) is 5.56 Å². The number of anilines is 1. The molecule has 0 fully saturated rings. The summed E-state index contributed by atoms with van der Waals surface area (Å²) in [4.78, 5) is 11.7. The van der Waals surface area contributed by atoms with Gasteiger partial charge in [0.1, 0.15) is 0 Å². The molecule has 100 valence electrons. The fourth-order valence-electron chi connectivity index (χ4n) is 1.50. The molecular weight excluding hydrogens is 228 g/mol. The number of hydrogen-bond acceptors (Lipinski definition) is 2. The molecule has 4 nitrogen and oxygen atoms in total. The van der Waals surface area contributed by atoms with Crippen molar-refractivity contribution in [2.45, 2.75) is 33.2 Å². The highest BCUT2D eigenvalue weighted by Gasteiger charge is 2.13. The molecule has 0 radical (unpaired) electrons. The Labute approximate surface area is 108 Å². The molecule has 0 spiro atoms. The second-order valence-electron chi connectivity index (χ2n) is 4.60. The van der Waals surface area contributed by atoms with Crippen molar-refractivity contribution < 1.29 is 9.90 Å². The van der Waals surface area contributed by atoms with Gasteiger partial charge in [0, 0.05) is 18.3 Å². The van der Waals surface area contributed by atoms with E-state index in [1.54, 1.807) is 0 Å². The molecule has 0 heterocycles. The van der Waals surface area contributed by atoms with Crippen LogP contribution in [-0.4, -0.2) is 23.8 Å². The summed E-state index contributed by atoms with van der Waals surface area (Å²) in [6.45, 7) is 5.92. The first-order valence-electron chi connectivity index (χ1n) is 6.34. The second-order valence-corrected chi connectivity index (χ2v) is 4.60. The van der Waals surface area contributed by atoms with Crippen molar-refractivity contribution in [3.8, 4) is 0 Å². The third kappa shape index (κ3) is 4.37. The van der Waals surface area contributed by atoms with Gasteiger partial charge < -0.3 is 15.7 Å². The number of amides is 2. The largest absolute Gasteiger partial charge is 0.396 e. The van der Waals surface area contributed by atoms with Crippen LogP contribution >= 0.6 is 0 Å². The molecule has 2 unspecified atom stereocenters. The third-order valence-electron chi connectivity index (χ3n) is 3.12. The van der Waals surface area contributed by atoms with Crippen LogP contribution < -0.4 is 10.6 Å². The zero-order chi connectivity index (χ0) is 13.5. The lowest BCUT2D eigenvalue weighted by Crippen LogP contribution is -2.40. The van der Waals surface area contributed by atoms with Crippen LogP contribution in [0.1, 0.15) is 26.3 Å². The minimum absolute atomic E-state index is 0.0400. The highest BCUT2D eigenvalue weighted by atomic mass is 16.3. The van der Waals surface area contributed by atoms with Gasteiger partial charge in [-0.1, -0.05) is 26.0 Å². The molecule has 0 bridgehead atoms. The molecule has 3 N–H and O–H groups in total. The molecule has 0 aliphatic rings. The Morgan fingerprint density at radius 2 is 1.89 bits per heavy atom. The van der Waals surface area contributed by atoms with Gasteiger partial charge in [0.25, 0.3) is 0 Å². The number of benzene rings is 1. The first-order chi connectivity index (χ1) is 8.56. The lowest BCUT2D eigenvalue weighted by molar-refractivity contribution is 0.204. The highest BCUT2D eigenvalue weighted by Crippen LogP contribution is 2.10. The minimum atomic E-state index is -0.243. The summed E-state index contributed by atoms with van der Waals surface area (Å²) < 4.78 is 0. The Balaban J connectivity index is 2.48. The van der Waals surface area contributed by atoms with E-state index in [1.807, 2.05) is 38.1 Å². The fraction of sp³-hybridized carbons (Fsp3) is 0.500. The maximum absolute atomic E-state index is 11.7. The third-order valence-corrected chi connectivity index (χ3v) is 3.12. The van der Waals surface area contributed by atoms with Crippen molar-refractivity contribution in [1.29, 1.82) is 0 Å². The van der Waals surface area contributed by atoms with Gasteiger partial charge in [0.2, 0.25) is 0 Å². The van der Waals surface area contributed by atoms with Crippen LogP contribution in [-0.2, 0) is 6.42 Å². The van der Waals surface area contributed by atoms with Gasteiger partial charge in [0.05, 0.1) is 0 Å². The predicted octanol–water partition coefficient (Wildman–Crippen LogP) is 2.39. The van der Waals surface area contributed by atoms with Gasteiger partial charge >= 0.3 is 6.03 Å². The number of aliphatic hydroxyl groups excluding tert-OH is 1. The molecule has 0 aliphatic heterocycles. The van der Waals surface area contributed by atoms with Gasteiger partial charge in [-0.05, 0) is 37.0 Å². The number of urea groups is 1. The lowest BCUT2D eigenvalue weighted by Gasteiger charge is -2.19. The van der Waals surface area contributed by atoms with Crippen molar-refractivity contribution in [3.05, 3.63) is 29.8 Å². The van der Waals surface area contributed by atoms with Gasteiger partial charge in [-0.3, -0.25) is 0 Å². The number of aryl methyl sites for hydroxylation is 1. The summed E-state index contributed by atoms with van der Waals surface area (Å²) >= 11 is 0. The van der Waals surface area contributed by atoms with Crippen molar-refractivity contribution in [3.63, 3.8) is 0 Å². The first kappa shape index (κ1) is 14.5. The number of carbonyl (C=O) groups excluding carboxylic acids is 1. The summed E-state index contributed by atoms with van der Waals surface area (Å²) in [6, 6.07) is 7.46. The molecule has 0 aromatic heterocycles. The van der Waals surface area contributed by atoms with Crippen LogP contribution in [0.15, 0.2) is 24.3 Å². The maximum atomic E-state index is 11.7. The number of carbonyl (C=O) groups is 1. The highest BCUT2D eigenvalue weighted by molar-refractivity contribution is 5.89. The van der Waals surface area contributed by atoms with Gasteiger partial charge in [-0.15, -0.1) is 0 Å². The van der Waals surface area contributed by atoms with E-state index in [0.717, 1.165) is 12.1 Å². The van der Waals surface area contributed by atoms with E-state index in [-0.39, 0.29) is 24.6 Å². The number of hydrogen-bond donors (Lipinski definition) is 3. The first-order valence-corrected chi connectivity index (χ1v) is 6.34. The second kappa shape index (κ2) is 7.01. The Hall–Kier alpha value is -1.55. The quantitative estimate of drug-likeness (QED) is 0.751. The standard InChI is InChI=1S/C14H22N2O2/c1-4-12-5-7-13(8-6-12)16-14(18)15-11(3)10(2)9-17/h5-8,10-11,17H,4,9H2,1-3H3,(H2,15,16,18). The molecule has 0 saturated carbocycles. The molecule has 0 aliphatic carbocycles. The van der Waals surface area contributed by atoms with E-state index >= 15 is 0 Å². The molecule has 2 amide bonds. The maximum Gasteiger partial charge on any atom is 0.319 e. The van der Waals surface area contributed by atoms with Gasteiger partial charge in [0.15, 0.2) is 0 Å². The van der Waals surface area contributed by atoms with Crippen molar-refractivity contribution in [1.82, 2.24) is 5.32 Å². The predicted molar refractivity (Wildman–Crippen MR) is 73.7 cm³/mol. The van der Waals surface area contributed by atoms with Crippen LogP contribution in [0.2, 0.25) is 0 Å². The summed E-state index contributed by atoms with van der Waals surface area (Å²) in [6.07, 6.45) is 0.984. The summed E-state index contributed by atoms with van der Waals surface area (Å²) in [5, 5.41) is 14.6. The molecule has 4 heteroatoms. The zero-order valence-electron chi connectivity index (χ0n) is 11.2. The van der Waals surface area contributed by atoms with Crippen LogP contribution in [0.4, 0.5) is 10.5 Å². The van der Waals surface area contributed by atoms with Crippen LogP contribution in [0.5, 0.6) is 0 Å². The van der Waals surface area contributed by atoms with E-state index in [4.69, 9.17) is 5.11 Å². The zero-order valence-corrected chi connectivity index (χ0v) is 11.2. The summed E-state index contributed by atoms with van der Waals surface area (Å²) in [7, 11) is 0. The van der Waals surface area contributed by atoms with E-state index in [2.05, 4.69) is 17.6 Å². The lowest BCUT2D eigenvalue weighted by atomic mass is 10.1. The van der Waals surface area contributed by atoms with Crippen molar-refractivity contribution in [2.24, 2.45) is 5.92 Å². The normalized spacial score (nSPS) is 13.8. The fourth-order valence-corrected chi connectivity index (χ4v) is 1.50. The SMILES string of the molecule is CCc1ccc(NC(=O)NC(C)C(C)CO)cc1. The van der Waals surface area contributed by atoms with E-state index < -0.39 is 0 Å².